The van der Waals surface area contributed by atoms with Crippen molar-refractivity contribution in [3.05, 3.63) is 28.8 Å². The summed E-state index contributed by atoms with van der Waals surface area (Å²) in [6.45, 7) is 6.60. The molecule has 1 N–H and O–H groups in total. The third kappa shape index (κ3) is 14.2. The number of aromatic hydroxyl groups is 1. The molecule has 0 atom stereocenters. The molecule has 178 valence electrons. The van der Waals surface area contributed by atoms with Crippen LogP contribution < -0.4 is 0 Å². The van der Waals surface area contributed by atoms with Gasteiger partial charge in [0, 0.05) is 6.42 Å². The highest BCUT2D eigenvalue weighted by Gasteiger charge is 2.07. The molecule has 0 bridgehead atoms. The lowest BCUT2D eigenvalue weighted by Gasteiger charge is -2.08. The van der Waals surface area contributed by atoms with Gasteiger partial charge in [0.1, 0.15) is 5.75 Å². The third-order valence-electron chi connectivity index (χ3n) is 6.18. The highest BCUT2D eigenvalue weighted by Crippen LogP contribution is 2.23. The first-order valence-electron chi connectivity index (χ1n) is 13.0. The molecule has 3 heteroatoms. The normalized spacial score (nSPS) is 11.1. The second-order valence-corrected chi connectivity index (χ2v) is 9.25. The molecular formula is C28H48O3. The fourth-order valence-electron chi connectivity index (χ4n) is 4.17. The summed E-state index contributed by atoms with van der Waals surface area (Å²) in [6, 6.07) is 3.90. The fourth-order valence-corrected chi connectivity index (χ4v) is 4.17. The van der Waals surface area contributed by atoms with E-state index in [1.807, 2.05) is 26.0 Å². The van der Waals surface area contributed by atoms with Crippen molar-refractivity contribution in [1.29, 1.82) is 0 Å². The quantitative estimate of drug-likeness (QED) is 0.176. The van der Waals surface area contributed by atoms with Crippen molar-refractivity contribution in [2.75, 3.05) is 6.61 Å². The standard InChI is InChI=1S/C28H48O3/c1-4-5-6-7-8-9-10-11-12-13-14-15-16-17-18-21-31-27(29)20-19-26-22-24(2)28(30)25(3)23-26/h22-23,30H,4-21H2,1-3H3. The second-order valence-electron chi connectivity index (χ2n) is 9.25. The number of hydrogen-bond donors (Lipinski definition) is 1. The molecule has 0 fully saturated rings. The van der Waals surface area contributed by atoms with Gasteiger partial charge in [-0.25, -0.2) is 0 Å². The second kappa shape index (κ2) is 18.1. The van der Waals surface area contributed by atoms with E-state index in [9.17, 15) is 9.90 Å². The Morgan fingerprint density at radius 1 is 0.742 bits per heavy atom. The van der Waals surface area contributed by atoms with Crippen molar-refractivity contribution in [1.82, 2.24) is 0 Å². The van der Waals surface area contributed by atoms with Gasteiger partial charge in [0.05, 0.1) is 6.61 Å². The molecule has 0 aromatic heterocycles. The van der Waals surface area contributed by atoms with Crippen molar-refractivity contribution in [2.24, 2.45) is 0 Å². The van der Waals surface area contributed by atoms with E-state index in [4.69, 9.17) is 4.74 Å². The van der Waals surface area contributed by atoms with Crippen molar-refractivity contribution in [3.8, 4) is 5.75 Å². The number of benzene rings is 1. The van der Waals surface area contributed by atoms with Crippen LogP contribution in [0.2, 0.25) is 0 Å². The Bertz CT molecular complexity index is 571. The average Bonchev–Trinajstić information content (AvgIpc) is 2.75. The van der Waals surface area contributed by atoms with Gasteiger partial charge < -0.3 is 9.84 Å². The Kier molecular flexibility index (Phi) is 16.1. The Balaban J connectivity index is 1.87. The van der Waals surface area contributed by atoms with Crippen LogP contribution in [0.4, 0.5) is 0 Å². The van der Waals surface area contributed by atoms with Crippen molar-refractivity contribution >= 4 is 5.97 Å². The zero-order valence-electron chi connectivity index (χ0n) is 20.6. The predicted octanol–water partition coefficient (Wildman–Crippen LogP) is 8.36. The van der Waals surface area contributed by atoms with E-state index in [0.29, 0.717) is 25.2 Å². The SMILES string of the molecule is CCCCCCCCCCCCCCCCCOC(=O)CCc1cc(C)c(O)c(C)c1. The first-order valence-corrected chi connectivity index (χ1v) is 13.0. The van der Waals surface area contributed by atoms with Crippen LogP contribution >= 0.6 is 0 Å². The monoisotopic (exact) mass is 432 g/mol. The fraction of sp³-hybridized carbons (Fsp3) is 0.750. The molecule has 0 aliphatic rings. The number of unbranched alkanes of at least 4 members (excludes halogenated alkanes) is 14. The molecule has 1 aromatic rings. The summed E-state index contributed by atoms with van der Waals surface area (Å²) in [6.07, 6.45) is 21.2. The largest absolute Gasteiger partial charge is 0.507 e. The number of carbonyl (C=O) groups excluding carboxylic acids is 1. The number of aryl methyl sites for hydroxylation is 3. The maximum atomic E-state index is 11.9. The maximum absolute atomic E-state index is 11.9. The zero-order valence-corrected chi connectivity index (χ0v) is 20.6. The molecule has 31 heavy (non-hydrogen) atoms. The summed E-state index contributed by atoms with van der Waals surface area (Å²) in [5.74, 6) is 0.230. The minimum absolute atomic E-state index is 0.117. The number of phenolic OH excluding ortho intramolecular Hbond substituents is 1. The molecular weight excluding hydrogens is 384 g/mol. The summed E-state index contributed by atoms with van der Waals surface area (Å²) in [5, 5.41) is 9.83. The Morgan fingerprint density at radius 2 is 1.16 bits per heavy atom. The molecule has 1 aromatic carbocycles. The molecule has 0 radical (unpaired) electrons. The van der Waals surface area contributed by atoms with Crippen LogP contribution in [0.5, 0.6) is 5.75 Å². The molecule has 0 saturated heterocycles. The predicted molar refractivity (Wildman–Crippen MR) is 132 cm³/mol. The lowest BCUT2D eigenvalue weighted by Crippen LogP contribution is -2.07. The topological polar surface area (TPSA) is 46.5 Å². The Labute approximate surface area is 192 Å². The van der Waals surface area contributed by atoms with Gasteiger partial charge in [0.15, 0.2) is 0 Å². The van der Waals surface area contributed by atoms with E-state index < -0.39 is 0 Å². The van der Waals surface area contributed by atoms with Crippen LogP contribution in [0.3, 0.4) is 0 Å². The first-order chi connectivity index (χ1) is 15.0. The van der Waals surface area contributed by atoms with Crippen LogP contribution in [-0.2, 0) is 16.0 Å². The molecule has 0 aliphatic heterocycles. The van der Waals surface area contributed by atoms with Gasteiger partial charge in [-0.3, -0.25) is 4.79 Å². The number of esters is 1. The van der Waals surface area contributed by atoms with Crippen LogP contribution in [0, 0.1) is 13.8 Å². The molecule has 0 amide bonds. The van der Waals surface area contributed by atoms with E-state index in [2.05, 4.69) is 6.92 Å². The van der Waals surface area contributed by atoms with Crippen LogP contribution in [0.1, 0.15) is 126 Å². The van der Waals surface area contributed by atoms with Gasteiger partial charge in [-0.15, -0.1) is 0 Å². The Morgan fingerprint density at radius 3 is 1.61 bits per heavy atom. The van der Waals surface area contributed by atoms with Gasteiger partial charge >= 0.3 is 5.97 Å². The molecule has 0 unspecified atom stereocenters. The lowest BCUT2D eigenvalue weighted by molar-refractivity contribution is -0.143. The Hall–Kier alpha value is -1.51. The van der Waals surface area contributed by atoms with E-state index in [0.717, 1.165) is 29.5 Å². The smallest absolute Gasteiger partial charge is 0.306 e. The number of phenols is 1. The third-order valence-corrected chi connectivity index (χ3v) is 6.18. The molecule has 0 spiro atoms. The van der Waals surface area contributed by atoms with Gasteiger partial charge in [0.2, 0.25) is 0 Å². The minimum Gasteiger partial charge on any atom is -0.507 e. The number of carbonyl (C=O) groups is 1. The lowest BCUT2D eigenvalue weighted by atomic mass is 10.0. The molecule has 0 aliphatic carbocycles. The molecule has 0 heterocycles. The van der Waals surface area contributed by atoms with Crippen molar-refractivity contribution in [2.45, 2.75) is 130 Å². The van der Waals surface area contributed by atoms with Gasteiger partial charge in [0.25, 0.3) is 0 Å². The van der Waals surface area contributed by atoms with Crippen molar-refractivity contribution in [3.63, 3.8) is 0 Å². The number of rotatable bonds is 19. The summed E-state index contributed by atoms with van der Waals surface area (Å²) < 4.78 is 5.37. The van der Waals surface area contributed by atoms with Gasteiger partial charge in [-0.2, -0.15) is 0 Å². The summed E-state index contributed by atoms with van der Waals surface area (Å²) in [7, 11) is 0. The van der Waals surface area contributed by atoms with E-state index in [1.54, 1.807) is 0 Å². The summed E-state index contributed by atoms with van der Waals surface area (Å²) in [5.41, 5.74) is 2.80. The van der Waals surface area contributed by atoms with Crippen LogP contribution in [0.15, 0.2) is 12.1 Å². The average molecular weight is 433 g/mol. The van der Waals surface area contributed by atoms with E-state index in [-0.39, 0.29) is 5.97 Å². The highest BCUT2D eigenvalue weighted by atomic mass is 16.5. The zero-order chi connectivity index (χ0) is 22.7. The van der Waals surface area contributed by atoms with Crippen molar-refractivity contribution < 1.29 is 14.6 Å². The number of ether oxygens (including phenoxy) is 1. The molecule has 1 rings (SSSR count). The first kappa shape index (κ1) is 27.5. The van der Waals surface area contributed by atoms with E-state index in [1.165, 1.54) is 83.5 Å². The van der Waals surface area contributed by atoms with Crippen LogP contribution in [-0.4, -0.2) is 17.7 Å². The highest BCUT2D eigenvalue weighted by molar-refractivity contribution is 5.69. The number of hydrogen-bond acceptors (Lipinski definition) is 3. The van der Waals surface area contributed by atoms with Gasteiger partial charge in [-0.05, 0) is 43.4 Å². The maximum Gasteiger partial charge on any atom is 0.306 e. The summed E-state index contributed by atoms with van der Waals surface area (Å²) in [4.78, 5) is 11.9. The minimum atomic E-state index is -0.117. The van der Waals surface area contributed by atoms with Gasteiger partial charge in [-0.1, -0.05) is 109 Å². The van der Waals surface area contributed by atoms with E-state index >= 15 is 0 Å². The molecule has 3 nitrogen and oxygen atoms in total. The summed E-state index contributed by atoms with van der Waals surface area (Å²) >= 11 is 0. The molecule has 0 saturated carbocycles. The van der Waals surface area contributed by atoms with Crippen LogP contribution in [0.25, 0.3) is 0 Å².